The van der Waals surface area contributed by atoms with Crippen molar-refractivity contribution < 1.29 is 19.0 Å². The minimum absolute atomic E-state index is 0.169. The number of esters is 1. The molecule has 5 heteroatoms. The predicted octanol–water partition coefficient (Wildman–Crippen LogP) is 4.17. The van der Waals surface area contributed by atoms with Crippen molar-refractivity contribution >= 4 is 29.2 Å². The Bertz CT molecular complexity index is 753. The van der Waals surface area contributed by atoms with Crippen molar-refractivity contribution in [3.8, 4) is 11.5 Å². The van der Waals surface area contributed by atoms with E-state index >= 15 is 0 Å². The van der Waals surface area contributed by atoms with Gasteiger partial charge in [0.1, 0.15) is 0 Å². The molecule has 0 amide bonds. The van der Waals surface area contributed by atoms with E-state index in [0.29, 0.717) is 34.3 Å². The molecule has 1 aliphatic heterocycles. The zero-order valence-corrected chi connectivity index (χ0v) is 13.3. The van der Waals surface area contributed by atoms with E-state index < -0.39 is 5.97 Å². The van der Waals surface area contributed by atoms with Gasteiger partial charge in [-0.1, -0.05) is 41.9 Å². The minimum atomic E-state index is -0.396. The number of carbonyl (C=O) groups excluding carboxylic acids is 1. The topological polar surface area (TPSA) is 44.8 Å². The first-order chi connectivity index (χ1) is 11.2. The lowest BCUT2D eigenvalue weighted by Crippen LogP contribution is -2.06. The number of benzene rings is 2. The fraction of sp³-hybridized carbons (Fsp3) is 0.167. The van der Waals surface area contributed by atoms with Gasteiger partial charge in [0.05, 0.1) is 17.2 Å². The van der Waals surface area contributed by atoms with E-state index in [2.05, 4.69) is 0 Å². The van der Waals surface area contributed by atoms with Crippen LogP contribution in [-0.4, -0.2) is 19.4 Å². The molecule has 0 saturated heterocycles. The fourth-order valence-electron chi connectivity index (χ4n) is 2.29. The molecule has 0 atom stereocenters. The smallest absolute Gasteiger partial charge is 0.338 e. The summed E-state index contributed by atoms with van der Waals surface area (Å²) in [5.74, 6) is 0.814. The Hall–Kier alpha value is -2.46. The minimum Gasteiger partial charge on any atom is -0.462 e. The van der Waals surface area contributed by atoms with Gasteiger partial charge in [0, 0.05) is 6.07 Å². The molecular weight excluding hydrogens is 316 g/mol. The van der Waals surface area contributed by atoms with Crippen molar-refractivity contribution in [2.75, 3.05) is 13.4 Å². The van der Waals surface area contributed by atoms with Crippen molar-refractivity contribution in [1.82, 2.24) is 0 Å². The molecule has 2 aromatic rings. The molecule has 2 aromatic carbocycles. The molecule has 0 fully saturated rings. The Balaban J connectivity index is 2.06. The van der Waals surface area contributed by atoms with Crippen LogP contribution < -0.4 is 9.47 Å². The summed E-state index contributed by atoms with van der Waals surface area (Å²) in [5.41, 5.74) is 1.87. The largest absolute Gasteiger partial charge is 0.462 e. The number of hydrogen-bond acceptors (Lipinski definition) is 4. The maximum absolute atomic E-state index is 12.3. The number of carbonyl (C=O) groups is 1. The van der Waals surface area contributed by atoms with Crippen LogP contribution in [0.3, 0.4) is 0 Å². The maximum Gasteiger partial charge on any atom is 0.338 e. The van der Waals surface area contributed by atoms with E-state index in [4.69, 9.17) is 25.8 Å². The molecule has 1 aliphatic rings. The lowest BCUT2D eigenvalue weighted by molar-refractivity contribution is -0.136. The van der Waals surface area contributed by atoms with Crippen LogP contribution in [0.25, 0.3) is 11.6 Å². The summed E-state index contributed by atoms with van der Waals surface area (Å²) in [5, 5.41) is 0.479. The monoisotopic (exact) mass is 330 g/mol. The Morgan fingerprint density at radius 2 is 1.91 bits per heavy atom. The van der Waals surface area contributed by atoms with Gasteiger partial charge < -0.3 is 14.2 Å². The van der Waals surface area contributed by atoms with Crippen LogP contribution in [-0.2, 0) is 9.53 Å². The van der Waals surface area contributed by atoms with Crippen LogP contribution in [0, 0.1) is 0 Å². The molecule has 0 bridgehead atoms. The van der Waals surface area contributed by atoms with Gasteiger partial charge in [0.2, 0.25) is 6.79 Å². The van der Waals surface area contributed by atoms with Crippen LogP contribution in [0.2, 0.25) is 5.02 Å². The molecule has 1 heterocycles. The summed E-state index contributed by atoms with van der Waals surface area (Å²) in [7, 11) is 0. The van der Waals surface area contributed by atoms with E-state index in [1.165, 1.54) is 0 Å². The van der Waals surface area contributed by atoms with E-state index in [0.717, 1.165) is 5.56 Å². The van der Waals surface area contributed by atoms with E-state index in [1.807, 2.05) is 30.3 Å². The number of halogens is 1. The van der Waals surface area contributed by atoms with Crippen LogP contribution >= 0.6 is 11.6 Å². The van der Waals surface area contributed by atoms with Gasteiger partial charge in [0.15, 0.2) is 11.5 Å². The van der Waals surface area contributed by atoms with Gasteiger partial charge in [-0.25, -0.2) is 4.79 Å². The Morgan fingerprint density at radius 1 is 1.22 bits per heavy atom. The highest BCUT2D eigenvalue weighted by Crippen LogP contribution is 2.38. The van der Waals surface area contributed by atoms with Crippen molar-refractivity contribution in [1.29, 1.82) is 0 Å². The average molecular weight is 331 g/mol. The Labute approximate surface area is 139 Å². The second kappa shape index (κ2) is 6.75. The molecule has 0 saturated carbocycles. The van der Waals surface area contributed by atoms with Gasteiger partial charge in [0.25, 0.3) is 0 Å². The molecule has 0 spiro atoms. The van der Waals surface area contributed by atoms with Crippen LogP contribution in [0.5, 0.6) is 11.5 Å². The predicted molar refractivity (Wildman–Crippen MR) is 88.5 cm³/mol. The summed E-state index contributed by atoms with van der Waals surface area (Å²) in [6, 6.07) is 12.8. The normalized spacial score (nSPS) is 13.0. The number of hydrogen-bond donors (Lipinski definition) is 0. The first-order valence-corrected chi connectivity index (χ1v) is 7.60. The summed E-state index contributed by atoms with van der Waals surface area (Å²) < 4.78 is 15.8. The highest BCUT2D eigenvalue weighted by Gasteiger charge is 2.18. The Kier molecular flexibility index (Phi) is 4.53. The molecule has 3 rings (SSSR count). The lowest BCUT2D eigenvalue weighted by Gasteiger charge is -2.09. The number of ether oxygens (including phenoxy) is 3. The summed E-state index contributed by atoms with van der Waals surface area (Å²) in [6.45, 7) is 2.24. The highest BCUT2D eigenvalue weighted by molar-refractivity contribution is 6.33. The van der Waals surface area contributed by atoms with E-state index in [1.54, 1.807) is 25.1 Å². The third-order valence-electron chi connectivity index (χ3n) is 3.37. The average Bonchev–Trinajstić information content (AvgIpc) is 3.00. The molecule has 0 aromatic heterocycles. The third-order valence-corrected chi connectivity index (χ3v) is 3.70. The zero-order valence-electron chi connectivity index (χ0n) is 12.5. The number of fused-ring (bicyclic) bond motifs is 1. The van der Waals surface area contributed by atoms with Gasteiger partial charge in [-0.15, -0.1) is 0 Å². The Morgan fingerprint density at radius 3 is 2.61 bits per heavy atom. The zero-order chi connectivity index (χ0) is 16.2. The molecule has 23 heavy (non-hydrogen) atoms. The molecule has 0 N–H and O–H groups in total. The molecule has 118 valence electrons. The maximum atomic E-state index is 12.3. The first-order valence-electron chi connectivity index (χ1n) is 7.22. The lowest BCUT2D eigenvalue weighted by atomic mass is 10.0. The van der Waals surface area contributed by atoms with Crippen molar-refractivity contribution in [2.24, 2.45) is 0 Å². The van der Waals surface area contributed by atoms with Crippen LogP contribution in [0.1, 0.15) is 18.1 Å². The second-order valence-corrected chi connectivity index (χ2v) is 5.28. The third kappa shape index (κ3) is 3.32. The van der Waals surface area contributed by atoms with Gasteiger partial charge >= 0.3 is 5.97 Å². The fourth-order valence-corrected chi connectivity index (χ4v) is 2.49. The van der Waals surface area contributed by atoms with Crippen molar-refractivity contribution in [3.63, 3.8) is 0 Å². The molecule has 0 radical (unpaired) electrons. The van der Waals surface area contributed by atoms with Gasteiger partial charge in [-0.2, -0.15) is 0 Å². The van der Waals surface area contributed by atoms with Crippen molar-refractivity contribution in [3.05, 3.63) is 58.6 Å². The molecule has 0 aliphatic carbocycles. The standard InChI is InChI=1S/C18H15ClO4/c1-2-21-18(20)14(12-6-4-3-5-7-12)8-13-9-16-17(10-15(13)19)23-11-22-16/h3-10H,2,11H2,1H3/b14-8+. The van der Waals surface area contributed by atoms with E-state index in [9.17, 15) is 4.79 Å². The summed E-state index contributed by atoms with van der Waals surface area (Å²) in [4.78, 5) is 12.3. The summed E-state index contributed by atoms with van der Waals surface area (Å²) in [6.07, 6.45) is 1.71. The van der Waals surface area contributed by atoms with Crippen LogP contribution in [0.15, 0.2) is 42.5 Å². The van der Waals surface area contributed by atoms with E-state index in [-0.39, 0.29) is 6.79 Å². The molecule has 4 nitrogen and oxygen atoms in total. The van der Waals surface area contributed by atoms with Gasteiger partial charge in [-0.05, 0) is 30.2 Å². The number of rotatable bonds is 4. The SMILES string of the molecule is CCOC(=O)/C(=C/c1cc2c(cc1Cl)OCO2)c1ccccc1. The van der Waals surface area contributed by atoms with Crippen molar-refractivity contribution in [2.45, 2.75) is 6.92 Å². The molecular formula is C18H15ClO4. The quantitative estimate of drug-likeness (QED) is 0.479. The van der Waals surface area contributed by atoms with Crippen LogP contribution in [0.4, 0.5) is 0 Å². The first kappa shape index (κ1) is 15.4. The second-order valence-electron chi connectivity index (χ2n) is 4.87. The summed E-state index contributed by atoms with van der Waals surface area (Å²) >= 11 is 6.29. The highest BCUT2D eigenvalue weighted by atomic mass is 35.5. The molecule has 0 unspecified atom stereocenters. The van der Waals surface area contributed by atoms with Gasteiger partial charge in [-0.3, -0.25) is 0 Å².